The van der Waals surface area contributed by atoms with Gasteiger partial charge < -0.3 is 10.6 Å². The summed E-state index contributed by atoms with van der Waals surface area (Å²) in [5, 5.41) is 5.43. The maximum atomic E-state index is 10.2. The van der Waals surface area contributed by atoms with Crippen molar-refractivity contribution in [2.45, 2.75) is 25.7 Å². The number of nitrogens with one attached hydrogen (secondary N) is 2. The van der Waals surface area contributed by atoms with E-state index in [2.05, 4.69) is 29.7 Å². The maximum absolute atomic E-state index is 10.2. The van der Waals surface area contributed by atoms with Crippen LogP contribution in [0.3, 0.4) is 0 Å². The van der Waals surface area contributed by atoms with E-state index in [4.69, 9.17) is 0 Å². The van der Waals surface area contributed by atoms with Gasteiger partial charge in [-0.1, -0.05) is 13.0 Å². The molecule has 3 nitrogen and oxygen atoms in total. The molecule has 3 heteroatoms. The summed E-state index contributed by atoms with van der Waals surface area (Å²) in [5.74, 6) is 0.642. The van der Waals surface area contributed by atoms with Crippen molar-refractivity contribution in [2.24, 2.45) is 0 Å². The summed E-state index contributed by atoms with van der Waals surface area (Å²) >= 11 is 0. The maximum Gasteiger partial charge on any atom is 0.211 e. The van der Waals surface area contributed by atoms with E-state index in [1.54, 1.807) is 0 Å². The third kappa shape index (κ3) is 3.07. The number of hydrogen-bond donors (Lipinski definition) is 2. The highest BCUT2D eigenvalue weighted by Gasteiger charge is 2.18. The van der Waals surface area contributed by atoms with Gasteiger partial charge in [0.25, 0.3) is 0 Å². The molecule has 0 spiro atoms. The van der Waals surface area contributed by atoms with Crippen LogP contribution in [-0.4, -0.2) is 20.5 Å². The molecule has 1 atom stereocenters. The second-order valence-corrected chi connectivity index (χ2v) is 4.12. The first-order valence-corrected chi connectivity index (χ1v) is 5.64. The van der Waals surface area contributed by atoms with Crippen molar-refractivity contribution in [3.8, 4) is 0 Å². The summed E-state index contributed by atoms with van der Waals surface area (Å²) < 4.78 is 0. The number of rotatable bonds is 2. The number of hydrogen-bond acceptors (Lipinski definition) is 2. The summed E-state index contributed by atoms with van der Waals surface area (Å²) in [4.78, 5) is 10.2. The van der Waals surface area contributed by atoms with Crippen LogP contribution >= 0.6 is 0 Å². The van der Waals surface area contributed by atoms with Gasteiger partial charge in [-0.2, -0.15) is 0 Å². The monoisotopic (exact) mass is 220 g/mol. The summed E-state index contributed by atoms with van der Waals surface area (Å²) in [7, 11) is 3.75. The Morgan fingerprint density at radius 3 is 2.69 bits per heavy atom. The minimum absolute atomic E-state index is 0.642. The minimum Gasteiger partial charge on any atom is -0.329 e. The summed E-state index contributed by atoms with van der Waals surface area (Å²) in [6.07, 6.45) is 3.14. The number of benzene rings is 1. The van der Waals surface area contributed by atoms with E-state index in [-0.39, 0.29) is 0 Å². The molecule has 0 heterocycles. The lowest BCUT2D eigenvalue weighted by Crippen LogP contribution is -1.95. The number of carbonyl (C=O) groups excluding carboxylic acids is 1. The predicted octanol–water partition coefficient (Wildman–Crippen LogP) is 2.14. The topological polar surface area (TPSA) is 41.1 Å². The lowest BCUT2D eigenvalue weighted by atomic mass is 10.0. The molecule has 0 saturated heterocycles. The Labute approximate surface area is 97.2 Å². The van der Waals surface area contributed by atoms with Crippen molar-refractivity contribution in [2.75, 3.05) is 19.4 Å². The molecular formula is C13H20N2O. The van der Waals surface area contributed by atoms with E-state index in [1.165, 1.54) is 24.0 Å². The molecule has 88 valence electrons. The fourth-order valence-electron chi connectivity index (χ4n) is 1.97. The molecule has 0 aromatic heterocycles. The normalized spacial score (nSPS) is 17.1. The van der Waals surface area contributed by atoms with E-state index in [0.29, 0.717) is 5.92 Å². The fraction of sp³-hybridized carbons (Fsp3) is 0.462. The Hall–Kier alpha value is -1.35. The average Bonchev–Trinajstić information content (AvgIpc) is 2.62. The number of carbonyl (C=O) groups is 1. The average molecular weight is 220 g/mol. The van der Waals surface area contributed by atoms with Gasteiger partial charge in [0.2, 0.25) is 6.41 Å². The highest BCUT2D eigenvalue weighted by molar-refractivity contribution is 5.72. The Bertz CT molecular complexity index is 350. The van der Waals surface area contributed by atoms with E-state index < -0.39 is 0 Å². The molecule has 1 aliphatic carbocycles. The first-order chi connectivity index (χ1) is 7.72. The van der Waals surface area contributed by atoms with Gasteiger partial charge in [-0.05, 0) is 56.1 Å². The van der Waals surface area contributed by atoms with Crippen LogP contribution in [0, 0.1) is 0 Å². The second-order valence-electron chi connectivity index (χ2n) is 4.12. The van der Waals surface area contributed by atoms with Gasteiger partial charge in [-0.25, -0.2) is 0 Å². The van der Waals surface area contributed by atoms with Crippen molar-refractivity contribution in [1.29, 1.82) is 0 Å². The standard InChI is InChI=1S/C11H13NO.C2H7N/c1-8-2-3-9-4-5-10(12-7-13)6-11(8)9;1-3-2/h4-8H,2-3H2,1H3,(H,12,13);3H,1-2H3. The molecule has 16 heavy (non-hydrogen) atoms. The van der Waals surface area contributed by atoms with E-state index in [9.17, 15) is 4.79 Å². The molecule has 1 aromatic carbocycles. The minimum atomic E-state index is 0.642. The number of aryl methyl sites for hydroxylation is 1. The summed E-state index contributed by atoms with van der Waals surface area (Å²) in [6, 6.07) is 6.16. The van der Waals surface area contributed by atoms with Gasteiger partial charge in [0, 0.05) is 5.69 Å². The Morgan fingerprint density at radius 2 is 2.06 bits per heavy atom. The molecule has 1 aliphatic rings. The Morgan fingerprint density at radius 1 is 1.38 bits per heavy atom. The zero-order valence-electron chi connectivity index (χ0n) is 10.2. The molecule has 0 aliphatic heterocycles. The number of anilines is 1. The lowest BCUT2D eigenvalue weighted by molar-refractivity contribution is -0.105. The highest BCUT2D eigenvalue weighted by atomic mass is 16.1. The van der Waals surface area contributed by atoms with Crippen molar-refractivity contribution < 1.29 is 4.79 Å². The van der Waals surface area contributed by atoms with E-state index >= 15 is 0 Å². The van der Waals surface area contributed by atoms with Gasteiger partial charge in [0.15, 0.2) is 0 Å². The van der Waals surface area contributed by atoms with Crippen LogP contribution in [0.5, 0.6) is 0 Å². The van der Waals surface area contributed by atoms with Gasteiger partial charge >= 0.3 is 0 Å². The molecule has 0 bridgehead atoms. The third-order valence-electron chi connectivity index (χ3n) is 2.75. The summed E-state index contributed by atoms with van der Waals surface area (Å²) in [6.45, 7) is 2.23. The first-order valence-electron chi connectivity index (χ1n) is 5.64. The smallest absolute Gasteiger partial charge is 0.211 e. The molecule has 2 rings (SSSR count). The molecule has 0 radical (unpaired) electrons. The lowest BCUT2D eigenvalue weighted by Gasteiger charge is -2.06. The molecule has 1 amide bonds. The van der Waals surface area contributed by atoms with Crippen LogP contribution in [0.15, 0.2) is 18.2 Å². The number of amides is 1. The largest absolute Gasteiger partial charge is 0.329 e. The van der Waals surface area contributed by atoms with Crippen LogP contribution in [-0.2, 0) is 11.2 Å². The van der Waals surface area contributed by atoms with Crippen molar-refractivity contribution in [3.63, 3.8) is 0 Å². The predicted molar refractivity (Wildman–Crippen MR) is 67.8 cm³/mol. The SMILES string of the molecule is CC1CCc2ccc(NC=O)cc21.CNC. The van der Waals surface area contributed by atoms with E-state index in [1.807, 2.05) is 20.2 Å². The first kappa shape index (κ1) is 12.7. The number of fused-ring (bicyclic) bond motifs is 1. The molecule has 0 saturated carbocycles. The van der Waals surface area contributed by atoms with Crippen LogP contribution in [0.25, 0.3) is 0 Å². The fourth-order valence-corrected chi connectivity index (χ4v) is 1.97. The third-order valence-corrected chi connectivity index (χ3v) is 2.75. The molecule has 0 fully saturated rings. The highest BCUT2D eigenvalue weighted by Crippen LogP contribution is 2.33. The summed E-state index contributed by atoms with van der Waals surface area (Å²) in [5.41, 5.74) is 3.73. The zero-order chi connectivity index (χ0) is 12.0. The Balaban J connectivity index is 0.000000386. The van der Waals surface area contributed by atoms with Crippen LogP contribution in [0.4, 0.5) is 5.69 Å². The molecular weight excluding hydrogens is 200 g/mol. The van der Waals surface area contributed by atoms with Crippen molar-refractivity contribution in [3.05, 3.63) is 29.3 Å². The molecule has 1 unspecified atom stereocenters. The Kier molecular flexibility index (Phi) is 4.99. The molecule has 2 N–H and O–H groups in total. The van der Waals surface area contributed by atoms with Gasteiger partial charge in [0.1, 0.15) is 0 Å². The van der Waals surface area contributed by atoms with Crippen molar-refractivity contribution >= 4 is 12.1 Å². The zero-order valence-corrected chi connectivity index (χ0v) is 10.2. The van der Waals surface area contributed by atoms with Gasteiger partial charge in [0.05, 0.1) is 0 Å². The van der Waals surface area contributed by atoms with Crippen molar-refractivity contribution in [1.82, 2.24) is 5.32 Å². The van der Waals surface area contributed by atoms with Crippen LogP contribution in [0.1, 0.15) is 30.4 Å². The molecule has 1 aromatic rings. The van der Waals surface area contributed by atoms with Gasteiger partial charge in [-0.3, -0.25) is 4.79 Å². The van der Waals surface area contributed by atoms with Gasteiger partial charge in [-0.15, -0.1) is 0 Å². The quantitative estimate of drug-likeness (QED) is 0.750. The van der Waals surface area contributed by atoms with Crippen LogP contribution in [0.2, 0.25) is 0 Å². The van der Waals surface area contributed by atoms with E-state index in [0.717, 1.165) is 12.1 Å². The van der Waals surface area contributed by atoms with Crippen LogP contribution < -0.4 is 10.6 Å². The second kappa shape index (κ2) is 6.28.